The van der Waals surface area contributed by atoms with E-state index < -0.39 is 9.84 Å². The van der Waals surface area contributed by atoms with Gasteiger partial charge in [0.15, 0.2) is 5.03 Å². The smallest absolute Gasteiger partial charge is 0.201 e. The topological polar surface area (TPSA) is 70.8 Å². The minimum absolute atomic E-state index is 0.101. The molecule has 1 aliphatic carbocycles. The average molecular weight is 347 g/mol. The summed E-state index contributed by atoms with van der Waals surface area (Å²) in [4.78, 5) is 4.33. The molecule has 0 fully saturated rings. The van der Waals surface area contributed by atoms with E-state index in [0.29, 0.717) is 10.6 Å². The lowest BCUT2D eigenvalue weighted by atomic mass is 9.95. The van der Waals surface area contributed by atoms with Gasteiger partial charge in [0.05, 0.1) is 11.3 Å². The van der Waals surface area contributed by atoms with Crippen LogP contribution in [0.25, 0.3) is 0 Å². The van der Waals surface area contributed by atoms with E-state index in [-0.39, 0.29) is 16.3 Å². The van der Waals surface area contributed by atoms with Crippen molar-refractivity contribution in [1.29, 1.82) is 5.26 Å². The van der Waals surface area contributed by atoms with Crippen molar-refractivity contribution in [3.63, 3.8) is 0 Å². The number of sulfone groups is 1. The number of benzene rings is 1. The second-order valence-electron chi connectivity index (χ2n) is 5.65. The first-order chi connectivity index (χ1) is 11.0. The van der Waals surface area contributed by atoms with Crippen molar-refractivity contribution in [1.82, 2.24) is 4.98 Å². The highest BCUT2D eigenvalue weighted by Gasteiger charge is 2.24. The standard InChI is InChI=1S/C17H15ClN2O2S/c18-15-7-5-12(6-8-15)11-23(21,22)17-14(10-19)9-13-3-1-2-4-16(13)20-17/h5-9H,1-4,11H2. The summed E-state index contributed by atoms with van der Waals surface area (Å²) in [5, 5.41) is 9.76. The van der Waals surface area contributed by atoms with Crippen LogP contribution >= 0.6 is 11.6 Å². The zero-order chi connectivity index (χ0) is 16.4. The molecule has 0 saturated heterocycles. The van der Waals surface area contributed by atoms with Gasteiger partial charge in [-0.3, -0.25) is 0 Å². The summed E-state index contributed by atoms with van der Waals surface area (Å²) in [5.41, 5.74) is 2.57. The number of fused-ring (bicyclic) bond motifs is 1. The van der Waals surface area contributed by atoms with Crippen LogP contribution in [0.15, 0.2) is 35.4 Å². The van der Waals surface area contributed by atoms with Gasteiger partial charge in [0.1, 0.15) is 6.07 Å². The molecule has 0 spiro atoms. The molecule has 0 unspecified atom stereocenters. The molecule has 0 N–H and O–H groups in total. The normalized spacial score (nSPS) is 14.1. The van der Waals surface area contributed by atoms with Crippen molar-refractivity contribution in [3.8, 4) is 6.07 Å². The van der Waals surface area contributed by atoms with Crippen LogP contribution < -0.4 is 0 Å². The van der Waals surface area contributed by atoms with E-state index in [2.05, 4.69) is 4.98 Å². The molecular formula is C17H15ClN2O2S. The Balaban J connectivity index is 2.02. The Hall–Kier alpha value is -1.90. The third-order valence-corrected chi connectivity index (χ3v) is 5.82. The number of nitrogens with zero attached hydrogens (tertiary/aromatic N) is 2. The van der Waals surface area contributed by atoms with Crippen molar-refractivity contribution in [2.45, 2.75) is 36.5 Å². The number of hydrogen-bond acceptors (Lipinski definition) is 4. The van der Waals surface area contributed by atoms with Gasteiger partial charge in [-0.15, -0.1) is 0 Å². The summed E-state index contributed by atoms with van der Waals surface area (Å²) >= 11 is 5.82. The van der Waals surface area contributed by atoms with Crippen LogP contribution in [0, 0.1) is 11.3 Å². The Morgan fingerprint density at radius 2 is 1.87 bits per heavy atom. The molecule has 0 aliphatic heterocycles. The fraction of sp³-hybridized carbons (Fsp3) is 0.294. The molecule has 1 heterocycles. The van der Waals surface area contributed by atoms with E-state index in [0.717, 1.165) is 36.9 Å². The third-order valence-electron chi connectivity index (χ3n) is 3.95. The van der Waals surface area contributed by atoms with Gasteiger partial charge < -0.3 is 0 Å². The fourth-order valence-electron chi connectivity index (χ4n) is 2.80. The average Bonchev–Trinajstić information content (AvgIpc) is 2.55. The molecule has 2 aromatic rings. The highest BCUT2D eigenvalue weighted by Crippen LogP contribution is 2.26. The maximum atomic E-state index is 12.7. The molecule has 1 aromatic carbocycles. The molecule has 4 nitrogen and oxygen atoms in total. The Labute approximate surface area is 140 Å². The van der Waals surface area contributed by atoms with E-state index in [9.17, 15) is 13.7 Å². The summed E-state index contributed by atoms with van der Waals surface area (Å²) in [7, 11) is -3.68. The second kappa shape index (κ2) is 6.31. The number of pyridine rings is 1. The van der Waals surface area contributed by atoms with Crippen LogP contribution in [0.4, 0.5) is 0 Å². The predicted octanol–water partition coefficient (Wildman–Crippen LogP) is 3.46. The summed E-state index contributed by atoms with van der Waals surface area (Å²) < 4.78 is 25.4. The molecule has 6 heteroatoms. The number of nitriles is 1. The van der Waals surface area contributed by atoms with E-state index in [1.54, 1.807) is 30.3 Å². The molecule has 23 heavy (non-hydrogen) atoms. The van der Waals surface area contributed by atoms with E-state index in [4.69, 9.17) is 11.6 Å². The number of rotatable bonds is 3. The number of aromatic nitrogens is 1. The van der Waals surface area contributed by atoms with Gasteiger partial charge >= 0.3 is 0 Å². The summed E-state index contributed by atoms with van der Waals surface area (Å²) in [5.74, 6) is -0.190. The molecule has 0 atom stereocenters. The monoisotopic (exact) mass is 346 g/mol. The van der Waals surface area contributed by atoms with Crippen LogP contribution in [0.5, 0.6) is 0 Å². The van der Waals surface area contributed by atoms with Gasteiger partial charge in [-0.1, -0.05) is 23.7 Å². The highest BCUT2D eigenvalue weighted by atomic mass is 35.5. The molecule has 3 rings (SSSR count). The van der Waals surface area contributed by atoms with Crippen molar-refractivity contribution >= 4 is 21.4 Å². The van der Waals surface area contributed by atoms with E-state index in [1.165, 1.54) is 0 Å². The van der Waals surface area contributed by atoms with E-state index in [1.807, 2.05) is 6.07 Å². The van der Waals surface area contributed by atoms with Crippen molar-refractivity contribution in [2.24, 2.45) is 0 Å². The van der Waals surface area contributed by atoms with Crippen LogP contribution in [-0.2, 0) is 28.4 Å². The fourth-order valence-corrected chi connectivity index (χ4v) is 4.38. The number of halogens is 1. The molecule has 0 amide bonds. The zero-order valence-electron chi connectivity index (χ0n) is 12.4. The quantitative estimate of drug-likeness (QED) is 0.853. The Bertz CT molecular complexity index is 884. The Morgan fingerprint density at radius 3 is 2.57 bits per heavy atom. The molecule has 1 aromatic heterocycles. The van der Waals surface area contributed by atoms with Crippen LogP contribution in [0.1, 0.15) is 35.2 Å². The van der Waals surface area contributed by atoms with Gasteiger partial charge in [-0.2, -0.15) is 5.26 Å². The molecule has 0 bridgehead atoms. The molecule has 1 aliphatic rings. The van der Waals surface area contributed by atoms with Crippen molar-refractivity contribution < 1.29 is 8.42 Å². The van der Waals surface area contributed by atoms with Gasteiger partial charge in [0.25, 0.3) is 0 Å². The maximum Gasteiger partial charge on any atom is 0.201 e. The maximum absolute atomic E-state index is 12.7. The molecule has 0 radical (unpaired) electrons. The van der Waals surface area contributed by atoms with Crippen molar-refractivity contribution in [3.05, 3.63) is 57.7 Å². The highest BCUT2D eigenvalue weighted by molar-refractivity contribution is 7.90. The Kier molecular flexibility index (Phi) is 4.38. The second-order valence-corrected chi connectivity index (χ2v) is 7.99. The van der Waals surface area contributed by atoms with Crippen molar-refractivity contribution in [2.75, 3.05) is 0 Å². The van der Waals surface area contributed by atoms with Crippen LogP contribution in [0.2, 0.25) is 5.02 Å². The summed E-state index contributed by atoms with van der Waals surface area (Å²) in [6.45, 7) is 0. The third kappa shape index (κ3) is 3.39. The van der Waals surface area contributed by atoms with Gasteiger partial charge in [-0.05, 0) is 55.0 Å². The SMILES string of the molecule is N#Cc1cc2c(nc1S(=O)(=O)Cc1ccc(Cl)cc1)CCCC2. The lowest BCUT2D eigenvalue weighted by molar-refractivity contribution is 0.587. The summed E-state index contributed by atoms with van der Waals surface area (Å²) in [6, 6.07) is 10.3. The predicted molar refractivity (Wildman–Crippen MR) is 87.9 cm³/mol. The minimum atomic E-state index is -3.68. The lowest BCUT2D eigenvalue weighted by Gasteiger charge is -2.16. The van der Waals surface area contributed by atoms with Crippen LogP contribution in [0.3, 0.4) is 0 Å². The first-order valence-electron chi connectivity index (χ1n) is 7.40. The first kappa shape index (κ1) is 16.0. The van der Waals surface area contributed by atoms with Crippen LogP contribution in [-0.4, -0.2) is 13.4 Å². The summed E-state index contributed by atoms with van der Waals surface area (Å²) in [6.07, 6.45) is 3.68. The number of aryl methyl sites for hydroxylation is 2. The lowest BCUT2D eigenvalue weighted by Crippen LogP contribution is -2.14. The molecular weight excluding hydrogens is 332 g/mol. The molecule has 118 valence electrons. The van der Waals surface area contributed by atoms with Gasteiger partial charge in [-0.25, -0.2) is 13.4 Å². The number of hydrogen-bond donors (Lipinski definition) is 0. The Morgan fingerprint density at radius 1 is 1.17 bits per heavy atom. The van der Waals surface area contributed by atoms with Gasteiger partial charge in [0, 0.05) is 10.7 Å². The zero-order valence-corrected chi connectivity index (χ0v) is 14.0. The largest absolute Gasteiger partial charge is 0.240 e. The van der Waals surface area contributed by atoms with Gasteiger partial charge in [0.2, 0.25) is 9.84 Å². The minimum Gasteiger partial charge on any atom is -0.240 e. The first-order valence-corrected chi connectivity index (χ1v) is 9.43. The van der Waals surface area contributed by atoms with E-state index >= 15 is 0 Å². The molecule has 0 saturated carbocycles.